The van der Waals surface area contributed by atoms with Crippen molar-refractivity contribution in [3.8, 4) is 28.7 Å². The number of carbonyl (C=O) groups is 1. The van der Waals surface area contributed by atoms with Gasteiger partial charge >= 0.3 is 5.97 Å². The van der Waals surface area contributed by atoms with Crippen LogP contribution in [0.25, 0.3) is 0 Å². The Bertz CT molecular complexity index is 1340. The predicted octanol–water partition coefficient (Wildman–Crippen LogP) is 1.63. The molecule has 3 heterocycles. The van der Waals surface area contributed by atoms with Gasteiger partial charge in [-0.05, 0) is 47.9 Å². The van der Waals surface area contributed by atoms with Gasteiger partial charge in [0.25, 0.3) is 0 Å². The number of esters is 1. The number of rotatable bonds is 7. The Balaban J connectivity index is 1.46. The van der Waals surface area contributed by atoms with Gasteiger partial charge in [-0.3, -0.25) is 4.79 Å². The van der Waals surface area contributed by atoms with Crippen LogP contribution in [-0.4, -0.2) is 99.9 Å². The topological polar surface area (TPSA) is 161 Å². The first kappa shape index (κ1) is 29.7. The van der Waals surface area contributed by atoms with Crippen LogP contribution in [0, 0.1) is 11.8 Å². The van der Waals surface area contributed by atoms with E-state index in [0.717, 1.165) is 0 Å². The van der Waals surface area contributed by atoms with Crippen LogP contribution in [-0.2, 0) is 28.5 Å². The Morgan fingerprint density at radius 2 is 1.44 bits per heavy atom. The van der Waals surface area contributed by atoms with Crippen LogP contribution in [0.1, 0.15) is 35.6 Å². The minimum Gasteiger partial charge on any atom is -0.502 e. The van der Waals surface area contributed by atoms with Crippen molar-refractivity contribution in [2.24, 2.45) is 11.8 Å². The highest BCUT2D eigenvalue weighted by Crippen LogP contribution is 2.56. The first-order valence-electron chi connectivity index (χ1n) is 14.0. The van der Waals surface area contributed by atoms with Crippen LogP contribution in [0.5, 0.6) is 28.7 Å². The quantitative estimate of drug-likeness (QED) is 0.392. The molecule has 3 saturated heterocycles. The molecule has 0 saturated carbocycles. The smallest absolute Gasteiger partial charge is 0.310 e. The Hall–Kier alpha value is -3.33. The van der Waals surface area contributed by atoms with Crippen molar-refractivity contribution in [3.63, 3.8) is 0 Å². The lowest BCUT2D eigenvalue weighted by Crippen LogP contribution is -2.63. The summed E-state index contributed by atoms with van der Waals surface area (Å²) >= 11 is 0. The number of methoxy groups -OCH3 is 4. The molecular weight excluding hydrogens is 568 g/mol. The Kier molecular flexibility index (Phi) is 8.05. The second kappa shape index (κ2) is 11.6. The summed E-state index contributed by atoms with van der Waals surface area (Å²) in [5.41, 5.74) is 1.94. The van der Waals surface area contributed by atoms with Crippen LogP contribution in [0.3, 0.4) is 0 Å². The molecule has 1 aliphatic carbocycles. The van der Waals surface area contributed by atoms with E-state index in [1.165, 1.54) is 28.4 Å². The number of phenolic OH excluding ortho intramolecular Hbond substituents is 1. The zero-order chi connectivity index (χ0) is 30.6. The SMILES string of the molecule is COc1cc2c(cc1OC)[C@@H](O[C@@H]1O[C@@H]3CO[C@@H](C)O[C@H]3[C@H](O)[C@H]1O)[C@H]1COC(=O)[C@@H]1[C@@H]2c1cc(OC)c(O)c(OC)c1. The standard InChI is InChI=1S/C30H36O13/c1-12-39-11-21-28(41-12)25(32)26(33)30(42-21)43-27-15-9-18(36-3)17(35-2)8-14(15)22(23-16(27)10-40-29(23)34)13-6-19(37-4)24(31)20(7-13)38-5/h6-9,12,16,21-23,25-28,30-33H,10-11H2,1-5H3/t12-,16+,21-,22-,23+,25-,26-,27-,28-,30+/m1/s1. The average molecular weight is 605 g/mol. The molecule has 3 N–H and O–H groups in total. The number of fused-ring (bicyclic) bond motifs is 3. The second-order valence-corrected chi connectivity index (χ2v) is 11.0. The van der Waals surface area contributed by atoms with Gasteiger partial charge in [0.15, 0.2) is 35.6 Å². The number of carbonyl (C=O) groups excluding carboxylic acids is 1. The number of aliphatic hydroxyl groups excluding tert-OH is 2. The van der Waals surface area contributed by atoms with Gasteiger partial charge in [0.2, 0.25) is 5.75 Å². The van der Waals surface area contributed by atoms with Crippen molar-refractivity contribution in [3.05, 3.63) is 41.0 Å². The largest absolute Gasteiger partial charge is 0.502 e. The van der Waals surface area contributed by atoms with Crippen LogP contribution in [0.15, 0.2) is 24.3 Å². The molecule has 2 aromatic carbocycles. The molecule has 6 rings (SSSR count). The van der Waals surface area contributed by atoms with Crippen molar-refractivity contribution in [2.75, 3.05) is 41.7 Å². The predicted molar refractivity (Wildman–Crippen MR) is 145 cm³/mol. The lowest BCUT2D eigenvalue weighted by Gasteiger charge is -2.47. The fourth-order valence-corrected chi connectivity index (χ4v) is 6.67. The fourth-order valence-electron chi connectivity index (χ4n) is 6.67. The second-order valence-electron chi connectivity index (χ2n) is 11.0. The maximum absolute atomic E-state index is 13.4. The highest BCUT2D eigenvalue weighted by atomic mass is 16.8. The molecule has 3 fully saturated rings. The first-order valence-corrected chi connectivity index (χ1v) is 14.0. The summed E-state index contributed by atoms with van der Waals surface area (Å²) in [5, 5.41) is 32.6. The Labute approximate surface area is 248 Å². The Morgan fingerprint density at radius 1 is 0.814 bits per heavy atom. The monoisotopic (exact) mass is 604 g/mol. The van der Waals surface area contributed by atoms with Gasteiger partial charge in [0, 0.05) is 11.8 Å². The van der Waals surface area contributed by atoms with Gasteiger partial charge in [-0.1, -0.05) is 0 Å². The van der Waals surface area contributed by atoms with E-state index in [1.807, 2.05) is 0 Å². The molecule has 10 atom stereocenters. The van der Waals surface area contributed by atoms with Crippen LogP contribution in [0.4, 0.5) is 0 Å². The van der Waals surface area contributed by atoms with Crippen molar-refractivity contribution in [2.45, 2.75) is 55.9 Å². The van der Waals surface area contributed by atoms with Crippen LogP contribution >= 0.6 is 0 Å². The summed E-state index contributed by atoms with van der Waals surface area (Å²) in [6, 6.07) is 6.85. The number of cyclic esters (lactones) is 1. The van der Waals surface area contributed by atoms with E-state index >= 15 is 0 Å². The third-order valence-corrected chi connectivity index (χ3v) is 8.76. The molecular formula is C30H36O13. The molecule has 0 bridgehead atoms. The van der Waals surface area contributed by atoms with Crippen LogP contribution < -0.4 is 18.9 Å². The molecule has 13 nitrogen and oxygen atoms in total. The molecule has 13 heteroatoms. The van der Waals surface area contributed by atoms with E-state index in [9.17, 15) is 20.1 Å². The van der Waals surface area contributed by atoms with E-state index in [4.69, 9.17) is 42.6 Å². The van der Waals surface area contributed by atoms with Crippen molar-refractivity contribution >= 4 is 5.97 Å². The normalized spacial score (nSPS) is 34.8. The first-order chi connectivity index (χ1) is 20.7. The number of ether oxygens (including phenoxy) is 9. The van der Waals surface area contributed by atoms with Gasteiger partial charge in [-0.25, -0.2) is 0 Å². The third-order valence-electron chi connectivity index (χ3n) is 8.76. The third kappa shape index (κ3) is 4.93. The number of benzene rings is 2. The summed E-state index contributed by atoms with van der Waals surface area (Å²) in [6.45, 7) is 1.87. The van der Waals surface area contributed by atoms with Crippen molar-refractivity contribution in [1.29, 1.82) is 0 Å². The zero-order valence-electron chi connectivity index (χ0n) is 24.4. The van der Waals surface area contributed by atoms with E-state index < -0.39 is 66.8 Å². The van der Waals surface area contributed by atoms with E-state index in [1.54, 1.807) is 31.2 Å². The van der Waals surface area contributed by atoms with Gasteiger partial charge in [-0.15, -0.1) is 0 Å². The highest BCUT2D eigenvalue weighted by molar-refractivity contribution is 5.79. The molecule has 0 radical (unpaired) electrons. The lowest BCUT2D eigenvalue weighted by molar-refractivity contribution is -0.364. The van der Waals surface area contributed by atoms with Crippen LogP contribution in [0.2, 0.25) is 0 Å². The molecule has 4 aliphatic rings. The number of aromatic hydroxyl groups is 1. The molecule has 2 aromatic rings. The van der Waals surface area contributed by atoms with Crippen molar-refractivity contribution < 1.29 is 62.7 Å². The van der Waals surface area contributed by atoms with Gasteiger partial charge in [0.05, 0.1) is 53.7 Å². The summed E-state index contributed by atoms with van der Waals surface area (Å²) < 4.78 is 51.5. The molecule has 0 spiro atoms. The van der Waals surface area contributed by atoms with Gasteiger partial charge < -0.3 is 58.0 Å². The molecule has 0 aromatic heterocycles. The number of aliphatic hydroxyl groups is 2. The van der Waals surface area contributed by atoms with E-state index in [0.29, 0.717) is 28.2 Å². The molecule has 0 unspecified atom stereocenters. The number of phenols is 1. The zero-order valence-corrected chi connectivity index (χ0v) is 24.4. The fraction of sp³-hybridized carbons (Fsp3) is 0.567. The summed E-state index contributed by atoms with van der Waals surface area (Å²) in [5.74, 6) is -1.29. The number of hydrogen-bond donors (Lipinski definition) is 3. The van der Waals surface area contributed by atoms with Gasteiger partial charge in [-0.2, -0.15) is 0 Å². The molecule has 0 amide bonds. The summed E-state index contributed by atoms with van der Waals surface area (Å²) in [7, 11) is 5.87. The minimum atomic E-state index is -1.45. The van der Waals surface area contributed by atoms with E-state index in [-0.39, 0.29) is 30.5 Å². The maximum atomic E-state index is 13.4. The molecule has 43 heavy (non-hydrogen) atoms. The minimum absolute atomic E-state index is 0.0337. The average Bonchev–Trinajstić information content (AvgIpc) is 3.40. The maximum Gasteiger partial charge on any atom is 0.310 e. The van der Waals surface area contributed by atoms with Crippen molar-refractivity contribution in [1.82, 2.24) is 0 Å². The lowest BCUT2D eigenvalue weighted by atomic mass is 9.66. The number of hydrogen-bond acceptors (Lipinski definition) is 13. The van der Waals surface area contributed by atoms with E-state index in [2.05, 4.69) is 0 Å². The Morgan fingerprint density at radius 3 is 2.07 bits per heavy atom. The highest BCUT2D eigenvalue weighted by Gasteiger charge is 2.56. The van der Waals surface area contributed by atoms with Gasteiger partial charge in [0.1, 0.15) is 24.4 Å². The molecule has 3 aliphatic heterocycles. The summed E-state index contributed by atoms with van der Waals surface area (Å²) in [6.07, 6.45) is -6.89. The summed E-state index contributed by atoms with van der Waals surface area (Å²) in [4.78, 5) is 13.4. The molecule has 234 valence electrons.